The predicted molar refractivity (Wildman–Crippen MR) is 48.4 cm³/mol. The number of hydrogen-bond acceptors (Lipinski definition) is 4. The van der Waals surface area contributed by atoms with E-state index >= 15 is 0 Å². The number of imide groups is 1. The number of hydrogen-bond donors (Lipinski definition) is 2. The lowest BCUT2D eigenvalue weighted by atomic mass is 10.2. The summed E-state index contributed by atoms with van der Waals surface area (Å²) >= 11 is 0. The maximum absolute atomic E-state index is 11.2. The number of aromatic nitrogens is 2. The van der Waals surface area contributed by atoms with Crippen LogP contribution >= 0.6 is 0 Å². The molecule has 0 aromatic carbocycles. The molecule has 1 aliphatic rings. The van der Waals surface area contributed by atoms with Crippen molar-refractivity contribution in [1.82, 2.24) is 15.1 Å². The van der Waals surface area contributed by atoms with Gasteiger partial charge in [0, 0.05) is 19.3 Å². The molecular weight excluding hydrogens is 184 g/mol. The Morgan fingerprint density at radius 3 is 2.93 bits per heavy atom. The van der Waals surface area contributed by atoms with E-state index in [-0.39, 0.29) is 18.2 Å². The van der Waals surface area contributed by atoms with Crippen molar-refractivity contribution >= 4 is 17.6 Å². The van der Waals surface area contributed by atoms with Crippen LogP contribution in [0.2, 0.25) is 0 Å². The summed E-state index contributed by atoms with van der Waals surface area (Å²) < 4.78 is 1.62. The van der Waals surface area contributed by atoms with Gasteiger partial charge in [-0.15, -0.1) is 0 Å². The van der Waals surface area contributed by atoms with Gasteiger partial charge in [-0.3, -0.25) is 19.6 Å². The fraction of sp³-hybridized carbons (Fsp3) is 0.375. The SMILES string of the molecule is Cn1ccc(NC2CC(=O)NC2=O)n1. The van der Waals surface area contributed by atoms with E-state index in [0.29, 0.717) is 5.82 Å². The standard InChI is InChI=1S/C8H10N4O2/c1-12-3-2-6(11-12)9-5-4-7(13)10-8(5)14/h2-3,5H,4H2,1H3,(H,9,11)(H,10,13,14). The first-order valence-corrected chi connectivity index (χ1v) is 4.25. The maximum atomic E-state index is 11.2. The van der Waals surface area contributed by atoms with E-state index in [2.05, 4.69) is 15.7 Å². The van der Waals surface area contributed by atoms with E-state index in [9.17, 15) is 9.59 Å². The van der Waals surface area contributed by atoms with Crippen LogP contribution in [0.5, 0.6) is 0 Å². The number of carbonyl (C=O) groups excluding carboxylic acids is 2. The monoisotopic (exact) mass is 194 g/mol. The van der Waals surface area contributed by atoms with Gasteiger partial charge < -0.3 is 5.32 Å². The Labute approximate surface area is 80.3 Å². The third kappa shape index (κ3) is 1.59. The van der Waals surface area contributed by atoms with E-state index in [1.165, 1.54) is 0 Å². The molecule has 2 amide bonds. The Kier molecular flexibility index (Phi) is 1.95. The molecule has 0 radical (unpaired) electrons. The second kappa shape index (κ2) is 3.13. The minimum Gasteiger partial charge on any atom is -0.356 e. The lowest BCUT2D eigenvalue weighted by Crippen LogP contribution is -2.30. The number of amides is 2. The average molecular weight is 194 g/mol. The van der Waals surface area contributed by atoms with Crippen molar-refractivity contribution in [3.8, 4) is 0 Å². The lowest BCUT2D eigenvalue weighted by Gasteiger charge is -2.06. The van der Waals surface area contributed by atoms with Crippen LogP contribution in [0, 0.1) is 0 Å². The van der Waals surface area contributed by atoms with Crippen molar-refractivity contribution in [2.45, 2.75) is 12.5 Å². The zero-order valence-electron chi connectivity index (χ0n) is 7.65. The zero-order valence-corrected chi connectivity index (χ0v) is 7.65. The topological polar surface area (TPSA) is 76.0 Å². The average Bonchev–Trinajstić information content (AvgIpc) is 2.61. The van der Waals surface area contributed by atoms with Gasteiger partial charge in [-0.1, -0.05) is 0 Å². The lowest BCUT2D eigenvalue weighted by molar-refractivity contribution is -0.124. The van der Waals surface area contributed by atoms with E-state index in [1.54, 1.807) is 24.0 Å². The highest BCUT2D eigenvalue weighted by Crippen LogP contribution is 2.09. The highest BCUT2D eigenvalue weighted by molar-refractivity contribution is 6.06. The van der Waals surface area contributed by atoms with Crippen molar-refractivity contribution in [2.75, 3.05) is 5.32 Å². The van der Waals surface area contributed by atoms with E-state index < -0.39 is 6.04 Å². The Morgan fingerprint density at radius 2 is 2.43 bits per heavy atom. The molecule has 6 nitrogen and oxygen atoms in total. The molecule has 2 heterocycles. The quantitative estimate of drug-likeness (QED) is 0.607. The van der Waals surface area contributed by atoms with Gasteiger partial charge in [0.2, 0.25) is 11.8 Å². The second-order valence-electron chi connectivity index (χ2n) is 3.19. The number of rotatable bonds is 2. The summed E-state index contributed by atoms with van der Waals surface area (Å²) in [6, 6.07) is 1.26. The molecule has 74 valence electrons. The second-order valence-corrected chi connectivity index (χ2v) is 3.19. The van der Waals surface area contributed by atoms with Gasteiger partial charge in [0.1, 0.15) is 11.9 Å². The van der Waals surface area contributed by atoms with Gasteiger partial charge in [0.05, 0.1) is 6.42 Å². The summed E-state index contributed by atoms with van der Waals surface area (Å²) in [7, 11) is 1.78. The van der Waals surface area contributed by atoms with Crippen molar-refractivity contribution in [3.63, 3.8) is 0 Å². The highest BCUT2D eigenvalue weighted by Gasteiger charge is 2.30. The molecule has 1 atom stereocenters. The summed E-state index contributed by atoms with van der Waals surface area (Å²) in [5, 5.41) is 9.14. The van der Waals surface area contributed by atoms with Crippen LogP contribution in [0.15, 0.2) is 12.3 Å². The third-order valence-electron chi connectivity index (χ3n) is 2.00. The molecule has 0 bridgehead atoms. The Bertz CT molecular complexity index is 384. The van der Waals surface area contributed by atoms with Gasteiger partial charge in [0.15, 0.2) is 0 Å². The molecule has 1 aromatic heterocycles. The number of nitrogens with one attached hydrogen (secondary N) is 2. The molecular formula is C8H10N4O2. The molecule has 1 fully saturated rings. The van der Waals surface area contributed by atoms with Gasteiger partial charge >= 0.3 is 0 Å². The molecule has 0 spiro atoms. The van der Waals surface area contributed by atoms with Crippen LogP contribution in [0.3, 0.4) is 0 Å². The summed E-state index contributed by atoms with van der Waals surface area (Å²) in [5.74, 6) is 0.0615. The molecule has 6 heteroatoms. The minimum atomic E-state index is -0.489. The Balaban J connectivity index is 2.05. The number of anilines is 1. The van der Waals surface area contributed by atoms with E-state index in [4.69, 9.17) is 0 Å². The summed E-state index contributed by atoms with van der Waals surface area (Å²) in [6.07, 6.45) is 1.94. The molecule has 1 aliphatic heterocycles. The number of nitrogens with zero attached hydrogens (tertiary/aromatic N) is 2. The van der Waals surface area contributed by atoms with Crippen molar-refractivity contribution < 1.29 is 9.59 Å². The fourth-order valence-electron chi connectivity index (χ4n) is 1.34. The number of carbonyl (C=O) groups is 2. The first-order valence-electron chi connectivity index (χ1n) is 4.25. The fourth-order valence-corrected chi connectivity index (χ4v) is 1.34. The molecule has 2 rings (SSSR count). The van der Waals surface area contributed by atoms with Crippen LogP contribution in [0.25, 0.3) is 0 Å². The molecule has 1 aromatic rings. The van der Waals surface area contributed by atoms with E-state index in [1.807, 2.05) is 0 Å². The van der Waals surface area contributed by atoms with Crippen LogP contribution < -0.4 is 10.6 Å². The largest absolute Gasteiger partial charge is 0.356 e. The molecule has 0 saturated carbocycles. The zero-order chi connectivity index (χ0) is 10.1. The normalized spacial score (nSPS) is 21.1. The first kappa shape index (κ1) is 8.74. The molecule has 1 saturated heterocycles. The first-order chi connectivity index (χ1) is 6.65. The smallest absolute Gasteiger partial charge is 0.249 e. The van der Waals surface area contributed by atoms with Crippen LogP contribution in [0.1, 0.15) is 6.42 Å². The van der Waals surface area contributed by atoms with Crippen molar-refractivity contribution in [3.05, 3.63) is 12.3 Å². The Morgan fingerprint density at radius 1 is 1.64 bits per heavy atom. The molecule has 0 aliphatic carbocycles. The van der Waals surface area contributed by atoms with Gasteiger partial charge in [-0.05, 0) is 0 Å². The Hall–Kier alpha value is -1.85. The molecule has 14 heavy (non-hydrogen) atoms. The minimum absolute atomic E-state index is 0.176. The van der Waals surface area contributed by atoms with Crippen molar-refractivity contribution in [2.24, 2.45) is 7.05 Å². The third-order valence-corrected chi connectivity index (χ3v) is 2.00. The summed E-state index contributed by atoms with van der Waals surface area (Å²) in [5.41, 5.74) is 0. The van der Waals surface area contributed by atoms with E-state index in [0.717, 1.165) is 0 Å². The van der Waals surface area contributed by atoms with Gasteiger partial charge in [-0.2, -0.15) is 5.10 Å². The molecule has 2 N–H and O–H groups in total. The van der Waals surface area contributed by atoms with Crippen LogP contribution in [-0.2, 0) is 16.6 Å². The highest BCUT2D eigenvalue weighted by atomic mass is 16.2. The van der Waals surface area contributed by atoms with Crippen molar-refractivity contribution in [1.29, 1.82) is 0 Å². The summed E-state index contributed by atoms with van der Waals surface area (Å²) in [6.45, 7) is 0. The van der Waals surface area contributed by atoms with Gasteiger partial charge in [0.25, 0.3) is 0 Å². The predicted octanol–water partition coefficient (Wildman–Crippen LogP) is -0.753. The maximum Gasteiger partial charge on any atom is 0.249 e. The van der Waals surface area contributed by atoms with Crippen LogP contribution in [-0.4, -0.2) is 27.6 Å². The molecule has 1 unspecified atom stereocenters. The summed E-state index contributed by atoms with van der Waals surface area (Å²) in [4.78, 5) is 22.0. The van der Waals surface area contributed by atoms with Gasteiger partial charge in [-0.25, -0.2) is 0 Å². The number of aryl methyl sites for hydroxylation is 1. The van der Waals surface area contributed by atoms with Crippen LogP contribution in [0.4, 0.5) is 5.82 Å².